The van der Waals surface area contributed by atoms with Crippen LogP contribution in [0.2, 0.25) is 0 Å². The number of amides is 1. The first-order valence-corrected chi connectivity index (χ1v) is 9.24. The smallest absolute Gasteiger partial charge is 0.224 e. The second-order valence-corrected chi connectivity index (χ2v) is 7.08. The fourth-order valence-corrected chi connectivity index (χ4v) is 3.01. The SMILES string of the molecule is CCCC(=O)Nc1ccc(C)cc1.Cc1ccc(-c2ccccn2)s1. The Balaban J connectivity index is 0.000000181. The third kappa shape index (κ3) is 6.51. The van der Waals surface area contributed by atoms with Crippen molar-refractivity contribution in [1.29, 1.82) is 0 Å². The highest BCUT2D eigenvalue weighted by atomic mass is 32.1. The van der Waals surface area contributed by atoms with Gasteiger partial charge in [-0.05, 0) is 56.7 Å². The van der Waals surface area contributed by atoms with Crippen LogP contribution in [0.25, 0.3) is 10.6 Å². The van der Waals surface area contributed by atoms with Crippen LogP contribution in [0.5, 0.6) is 0 Å². The van der Waals surface area contributed by atoms with E-state index >= 15 is 0 Å². The predicted molar refractivity (Wildman–Crippen MR) is 107 cm³/mol. The average Bonchev–Trinajstić information content (AvgIpc) is 3.05. The summed E-state index contributed by atoms with van der Waals surface area (Å²) in [6.45, 7) is 6.13. The number of rotatable bonds is 4. The van der Waals surface area contributed by atoms with Gasteiger partial charge >= 0.3 is 0 Å². The molecule has 0 atom stereocenters. The van der Waals surface area contributed by atoms with Gasteiger partial charge in [0.15, 0.2) is 0 Å². The Labute approximate surface area is 153 Å². The third-order valence-electron chi connectivity index (χ3n) is 3.47. The summed E-state index contributed by atoms with van der Waals surface area (Å²) in [5, 5.41) is 2.83. The largest absolute Gasteiger partial charge is 0.326 e. The molecule has 3 nitrogen and oxygen atoms in total. The van der Waals surface area contributed by atoms with Crippen molar-refractivity contribution < 1.29 is 4.79 Å². The van der Waals surface area contributed by atoms with E-state index in [9.17, 15) is 4.79 Å². The number of thiophene rings is 1. The van der Waals surface area contributed by atoms with Crippen LogP contribution in [0.15, 0.2) is 60.8 Å². The third-order valence-corrected chi connectivity index (χ3v) is 4.49. The summed E-state index contributed by atoms with van der Waals surface area (Å²) in [4.78, 5) is 18.0. The summed E-state index contributed by atoms with van der Waals surface area (Å²) in [5.41, 5.74) is 3.15. The second kappa shape index (κ2) is 9.74. The summed E-state index contributed by atoms with van der Waals surface area (Å²) in [5.74, 6) is 0.0892. The van der Waals surface area contributed by atoms with Gasteiger partial charge in [-0.3, -0.25) is 9.78 Å². The van der Waals surface area contributed by atoms with E-state index in [1.807, 2.05) is 62.5 Å². The molecule has 1 N–H and O–H groups in total. The summed E-state index contributed by atoms with van der Waals surface area (Å²) in [6.07, 6.45) is 3.30. The molecule has 25 heavy (non-hydrogen) atoms. The maximum atomic E-state index is 11.2. The maximum absolute atomic E-state index is 11.2. The molecule has 0 fully saturated rings. The lowest BCUT2D eigenvalue weighted by atomic mass is 10.2. The number of hydrogen-bond acceptors (Lipinski definition) is 3. The lowest BCUT2D eigenvalue weighted by Crippen LogP contribution is -2.10. The lowest BCUT2D eigenvalue weighted by molar-refractivity contribution is -0.116. The highest BCUT2D eigenvalue weighted by Gasteiger charge is 2.00. The first-order chi connectivity index (χ1) is 12.1. The Hall–Kier alpha value is -2.46. The summed E-state index contributed by atoms with van der Waals surface area (Å²) in [6, 6.07) is 18.0. The van der Waals surface area contributed by atoms with Gasteiger partial charge in [0.05, 0.1) is 10.6 Å². The molecule has 0 bridgehead atoms. The molecule has 1 aromatic carbocycles. The molecule has 1 amide bonds. The van der Waals surface area contributed by atoms with Gasteiger partial charge in [-0.1, -0.05) is 30.7 Å². The molecule has 0 aliphatic heterocycles. The van der Waals surface area contributed by atoms with Crippen LogP contribution in [0, 0.1) is 13.8 Å². The number of benzene rings is 1. The highest BCUT2D eigenvalue weighted by Crippen LogP contribution is 2.25. The lowest BCUT2D eigenvalue weighted by Gasteiger charge is -2.03. The molecule has 2 heterocycles. The van der Waals surface area contributed by atoms with Gasteiger partial charge in [-0.2, -0.15) is 0 Å². The van der Waals surface area contributed by atoms with Crippen molar-refractivity contribution in [2.24, 2.45) is 0 Å². The fourth-order valence-electron chi connectivity index (χ4n) is 2.17. The number of aryl methyl sites for hydroxylation is 2. The Bertz CT molecular complexity index is 779. The number of pyridine rings is 1. The van der Waals surface area contributed by atoms with Crippen LogP contribution in [0.1, 0.15) is 30.2 Å². The molecule has 0 saturated carbocycles. The van der Waals surface area contributed by atoms with E-state index < -0.39 is 0 Å². The number of carbonyl (C=O) groups is 1. The first-order valence-electron chi connectivity index (χ1n) is 8.43. The second-order valence-electron chi connectivity index (χ2n) is 5.79. The Kier molecular flexibility index (Phi) is 7.36. The van der Waals surface area contributed by atoms with Crippen molar-refractivity contribution in [2.75, 3.05) is 5.32 Å². The molecule has 130 valence electrons. The normalized spacial score (nSPS) is 9.88. The van der Waals surface area contributed by atoms with Crippen molar-refractivity contribution in [3.63, 3.8) is 0 Å². The molecule has 4 heteroatoms. The number of nitrogens with zero attached hydrogens (tertiary/aromatic N) is 1. The summed E-state index contributed by atoms with van der Waals surface area (Å²) in [7, 11) is 0. The molecule has 0 spiro atoms. The Morgan fingerprint density at radius 1 is 1.04 bits per heavy atom. The van der Waals surface area contributed by atoms with E-state index in [4.69, 9.17) is 0 Å². The van der Waals surface area contributed by atoms with Crippen LogP contribution < -0.4 is 5.32 Å². The van der Waals surface area contributed by atoms with E-state index in [2.05, 4.69) is 29.4 Å². The van der Waals surface area contributed by atoms with Gasteiger partial charge < -0.3 is 5.32 Å². The molecule has 0 aliphatic rings. The van der Waals surface area contributed by atoms with Crippen LogP contribution in [0.4, 0.5) is 5.69 Å². The van der Waals surface area contributed by atoms with Crippen molar-refractivity contribution >= 4 is 22.9 Å². The van der Waals surface area contributed by atoms with Crippen molar-refractivity contribution in [1.82, 2.24) is 4.98 Å². The van der Waals surface area contributed by atoms with Gasteiger partial charge in [0, 0.05) is 23.2 Å². The van der Waals surface area contributed by atoms with E-state index in [1.54, 1.807) is 11.3 Å². The van der Waals surface area contributed by atoms with Crippen molar-refractivity contribution in [3.8, 4) is 10.6 Å². The highest BCUT2D eigenvalue weighted by molar-refractivity contribution is 7.15. The zero-order chi connectivity index (χ0) is 18.1. The topological polar surface area (TPSA) is 42.0 Å². The Morgan fingerprint density at radius 2 is 1.80 bits per heavy atom. The number of carbonyl (C=O) groups excluding carboxylic acids is 1. The van der Waals surface area contributed by atoms with Crippen LogP contribution in [0.3, 0.4) is 0 Å². The quantitative estimate of drug-likeness (QED) is 0.640. The summed E-state index contributed by atoms with van der Waals surface area (Å²) < 4.78 is 0. The van der Waals surface area contributed by atoms with E-state index in [-0.39, 0.29) is 5.91 Å². The fraction of sp³-hybridized carbons (Fsp3) is 0.238. The van der Waals surface area contributed by atoms with E-state index in [0.29, 0.717) is 6.42 Å². The van der Waals surface area contributed by atoms with Crippen LogP contribution in [-0.2, 0) is 4.79 Å². The molecule has 3 aromatic rings. The molecule has 0 aliphatic carbocycles. The number of hydrogen-bond donors (Lipinski definition) is 1. The molecule has 2 aromatic heterocycles. The molecule has 0 unspecified atom stereocenters. The van der Waals surface area contributed by atoms with Gasteiger partial charge in [-0.15, -0.1) is 11.3 Å². The van der Waals surface area contributed by atoms with Crippen LogP contribution >= 0.6 is 11.3 Å². The zero-order valence-corrected chi connectivity index (χ0v) is 15.8. The van der Waals surface area contributed by atoms with Gasteiger partial charge in [0.25, 0.3) is 0 Å². The minimum Gasteiger partial charge on any atom is -0.326 e. The zero-order valence-electron chi connectivity index (χ0n) is 15.0. The van der Waals surface area contributed by atoms with E-state index in [1.165, 1.54) is 15.3 Å². The first kappa shape index (κ1) is 18.9. The van der Waals surface area contributed by atoms with E-state index in [0.717, 1.165) is 17.8 Å². The molecular formula is C21H24N2OS. The minimum atomic E-state index is 0.0892. The number of anilines is 1. The van der Waals surface area contributed by atoms with Crippen molar-refractivity contribution in [2.45, 2.75) is 33.6 Å². The van der Waals surface area contributed by atoms with Crippen LogP contribution in [-0.4, -0.2) is 10.9 Å². The summed E-state index contributed by atoms with van der Waals surface area (Å²) >= 11 is 1.78. The maximum Gasteiger partial charge on any atom is 0.224 e. The standard InChI is InChI=1S/C11H15NO.C10H9NS/c1-3-4-11(13)12-10-7-5-9(2)6-8-10;1-8-5-6-10(12-8)9-4-2-3-7-11-9/h5-8H,3-4H2,1-2H3,(H,12,13);2-7H,1H3. The average molecular weight is 353 g/mol. The Morgan fingerprint density at radius 3 is 2.36 bits per heavy atom. The molecular weight excluding hydrogens is 328 g/mol. The number of aromatic nitrogens is 1. The van der Waals surface area contributed by atoms with Crippen molar-refractivity contribution in [3.05, 3.63) is 71.2 Å². The molecule has 3 rings (SSSR count). The monoisotopic (exact) mass is 352 g/mol. The van der Waals surface area contributed by atoms with Gasteiger partial charge in [0.1, 0.15) is 0 Å². The minimum absolute atomic E-state index is 0.0892. The van der Waals surface area contributed by atoms with Gasteiger partial charge in [-0.25, -0.2) is 0 Å². The van der Waals surface area contributed by atoms with Gasteiger partial charge in [0.2, 0.25) is 5.91 Å². The number of nitrogens with one attached hydrogen (secondary N) is 1. The molecule has 0 radical (unpaired) electrons. The predicted octanol–water partition coefficient (Wildman–Crippen LogP) is 5.85. The molecule has 0 saturated heterocycles.